The number of carbonyl (C=O) groups excluding carboxylic acids is 6. The SMILES string of the molecule is O=C([O-])CN(CCN(CC(=O)[O-])CC(=O)[O-])CCN(CC(=O)[O-])CC(=O)N[C@@H](Cc1cc(I)c(Oc2ccc(OO[O-])c(I)c2)c(I)c1)C(=O)[O-]. The first-order chi connectivity index (χ1) is 24.0. The molecule has 0 bridgehead atoms. The molecule has 2 aromatic carbocycles. The van der Waals surface area contributed by atoms with Gasteiger partial charge >= 0.3 is 0 Å². The van der Waals surface area contributed by atoms with Crippen LogP contribution in [-0.4, -0.2) is 115 Å². The molecule has 0 spiro atoms. The molecule has 0 unspecified atom stereocenters. The van der Waals surface area contributed by atoms with Crippen LogP contribution in [0.15, 0.2) is 30.3 Å². The van der Waals surface area contributed by atoms with E-state index in [0.29, 0.717) is 27.8 Å². The monoisotopic (exact) mass is 1050 g/mol. The summed E-state index contributed by atoms with van der Waals surface area (Å²) < 4.78 is 7.66. The van der Waals surface area contributed by atoms with Gasteiger partial charge in [-0.05, 0) is 110 Å². The lowest BCUT2D eigenvalue weighted by atomic mass is 10.1. The van der Waals surface area contributed by atoms with Gasteiger partial charge in [0.1, 0.15) is 5.75 Å². The Morgan fingerprint density at radius 2 is 1.14 bits per heavy atom. The number of carbonyl (C=O) groups is 6. The third-order valence-corrected chi connectivity index (χ3v) is 9.05. The molecule has 0 aliphatic rings. The fourth-order valence-corrected chi connectivity index (χ4v) is 7.15. The van der Waals surface area contributed by atoms with Gasteiger partial charge in [0, 0.05) is 52.4 Å². The number of carboxylic acids is 5. The second-order valence-electron chi connectivity index (χ2n) is 10.6. The Balaban J connectivity index is 2.11. The van der Waals surface area contributed by atoms with Gasteiger partial charge in [-0.25, -0.2) is 5.04 Å². The van der Waals surface area contributed by atoms with Gasteiger partial charge < -0.3 is 69.7 Å². The van der Waals surface area contributed by atoms with Gasteiger partial charge in [0.15, 0.2) is 11.5 Å². The lowest BCUT2D eigenvalue weighted by molar-refractivity contribution is -0.778. The molecule has 0 saturated heterocycles. The van der Waals surface area contributed by atoms with Gasteiger partial charge in [0.2, 0.25) is 5.91 Å². The quantitative estimate of drug-likeness (QED) is 0.0581. The van der Waals surface area contributed by atoms with E-state index in [1.54, 1.807) is 18.2 Å². The molecule has 1 amide bonds. The highest BCUT2D eigenvalue weighted by atomic mass is 127. The van der Waals surface area contributed by atoms with Crippen molar-refractivity contribution in [3.8, 4) is 17.2 Å². The zero-order valence-corrected chi connectivity index (χ0v) is 32.6. The summed E-state index contributed by atoms with van der Waals surface area (Å²) in [7, 11) is 0. The summed E-state index contributed by atoms with van der Waals surface area (Å²) >= 11 is 5.88. The van der Waals surface area contributed by atoms with Crippen molar-refractivity contribution in [3.05, 3.63) is 46.6 Å². The summed E-state index contributed by atoms with van der Waals surface area (Å²) in [6.45, 7) is -4.65. The van der Waals surface area contributed by atoms with Crippen LogP contribution in [0.25, 0.3) is 0 Å². The fourth-order valence-electron chi connectivity index (χ4n) is 4.46. The van der Waals surface area contributed by atoms with E-state index in [-0.39, 0.29) is 38.3 Å². The van der Waals surface area contributed by atoms with Gasteiger partial charge in [0.25, 0.3) is 0 Å². The molecule has 0 aromatic heterocycles. The van der Waals surface area contributed by atoms with Gasteiger partial charge in [0.05, 0.1) is 53.1 Å². The van der Waals surface area contributed by atoms with Crippen LogP contribution >= 0.6 is 67.8 Å². The third kappa shape index (κ3) is 16.8. The number of benzene rings is 2. The van der Waals surface area contributed by atoms with Crippen LogP contribution in [0.4, 0.5) is 0 Å². The fraction of sp³-hybridized carbons (Fsp3) is 0.379. The van der Waals surface area contributed by atoms with Gasteiger partial charge in [-0.2, -0.15) is 0 Å². The third-order valence-electron chi connectivity index (χ3n) is 6.61. The molecule has 0 saturated carbocycles. The Kier molecular flexibility index (Phi) is 19.0. The van der Waals surface area contributed by atoms with E-state index in [9.17, 15) is 59.6 Å². The highest BCUT2D eigenvalue weighted by Crippen LogP contribution is 2.35. The maximum absolute atomic E-state index is 12.9. The Hall–Kier alpha value is -3.15. The largest absolute Gasteiger partial charge is 0.682 e. The number of hydrogen-bond donors (Lipinski definition) is 1. The summed E-state index contributed by atoms with van der Waals surface area (Å²) in [5, 5.41) is 72.6. The second kappa shape index (κ2) is 22.0. The Morgan fingerprint density at radius 1 is 0.667 bits per heavy atom. The van der Waals surface area contributed by atoms with Crippen molar-refractivity contribution in [3.63, 3.8) is 0 Å². The Labute approximate surface area is 330 Å². The van der Waals surface area contributed by atoms with Crippen molar-refractivity contribution in [1.29, 1.82) is 0 Å². The normalized spacial score (nSPS) is 11.7. The average molecular weight is 1050 g/mol. The molecule has 22 heteroatoms. The van der Waals surface area contributed by atoms with Crippen LogP contribution in [0.1, 0.15) is 5.56 Å². The van der Waals surface area contributed by atoms with Crippen LogP contribution in [-0.2, 0) is 40.2 Å². The molecule has 280 valence electrons. The van der Waals surface area contributed by atoms with Crippen LogP contribution < -0.4 is 45.7 Å². The van der Waals surface area contributed by atoms with E-state index in [1.807, 2.05) is 67.8 Å². The Bertz CT molecular complexity index is 1540. The van der Waals surface area contributed by atoms with E-state index in [2.05, 4.69) is 15.2 Å². The average Bonchev–Trinajstić information content (AvgIpc) is 3.00. The number of carboxylic acid groups (broad SMARTS) is 5. The molecule has 1 N–H and O–H groups in total. The molecule has 51 heavy (non-hydrogen) atoms. The molecule has 1 atom stereocenters. The molecular formula is C29H27I3N4O15-6. The number of ether oxygens (including phenoxy) is 1. The minimum atomic E-state index is -1.63. The number of aliphatic carboxylic acids is 5. The summed E-state index contributed by atoms with van der Waals surface area (Å²) in [5.74, 6) is -7.82. The molecule has 0 aliphatic heterocycles. The van der Waals surface area contributed by atoms with Crippen LogP contribution in [0.3, 0.4) is 0 Å². The summed E-state index contributed by atoms with van der Waals surface area (Å²) in [6.07, 6.45) is -0.229. The molecule has 0 fully saturated rings. The Morgan fingerprint density at radius 3 is 1.59 bits per heavy atom. The molecular weight excluding hydrogens is 1030 g/mol. The number of nitrogens with one attached hydrogen (secondary N) is 1. The van der Waals surface area contributed by atoms with Crippen molar-refractivity contribution in [2.24, 2.45) is 0 Å². The van der Waals surface area contributed by atoms with E-state index in [0.717, 1.165) is 9.80 Å². The topological polar surface area (TPSA) is 290 Å². The van der Waals surface area contributed by atoms with Crippen molar-refractivity contribution >= 4 is 104 Å². The summed E-state index contributed by atoms with van der Waals surface area (Å²) in [6, 6.07) is 6.30. The molecule has 0 radical (unpaired) electrons. The molecule has 2 rings (SSSR count). The van der Waals surface area contributed by atoms with Crippen LogP contribution in [0.5, 0.6) is 17.2 Å². The molecule has 2 aromatic rings. The lowest BCUT2D eigenvalue weighted by Gasteiger charge is -2.31. The van der Waals surface area contributed by atoms with Crippen LogP contribution in [0, 0.1) is 10.7 Å². The van der Waals surface area contributed by atoms with Crippen LogP contribution in [0.2, 0.25) is 0 Å². The van der Waals surface area contributed by atoms with Gasteiger partial charge in [-0.15, -0.1) is 0 Å². The predicted octanol–water partition coefficient (Wildman–Crippen LogP) is -6.44. The lowest BCUT2D eigenvalue weighted by Crippen LogP contribution is -2.53. The minimum Gasteiger partial charge on any atom is -0.682 e. The number of nitrogens with zero attached hydrogens (tertiary/aromatic N) is 3. The van der Waals surface area contributed by atoms with E-state index in [4.69, 9.17) is 4.74 Å². The molecule has 0 heterocycles. The zero-order chi connectivity index (χ0) is 38.2. The maximum Gasteiger partial charge on any atom is 0.234 e. The highest BCUT2D eigenvalue weighted by molar-refractivity contribution is 14.1. The predicted molar refractivity (Wildman–Crippen MR) is 183 cm³/mol. The number of amides is 1. The standard InChI is InChI=1S/C29H33I3N4O15/c30-18-10-17(1-2-22(18)50-51-48)49-28-19(31)7-16(8-20(28)32)9-21(29(46)47)33-23(37)11-35(13-25(40)41)5-3-34(12-24(38)39)4-6-36(14-26(42)43)15-27(44)45/h1-2,7-8,10,21,48H,3-6,9,11-15H2,(H,33,37)(H,38,39)(H,40,41)(H,42,43)(H,44,45)(H,46,47)/p-6/t21-/m0/s1. The first kappa shape index (κ1) is 44.0. The minimum absolute atomic E-state index is 0.181. The number of rotatable bonds is 24. The highest BCUT2D eigenvalue weighted by Gasteiger charge is 2.20. The smallest absolute Gasteiger partial charge is 0.234 e. The van der Waals surface area contributed by atoms with Crippen molar-refractivity contribution in [2.45, 2.75) is 12.5 Å². The number of halogens is 3. The van der Waals surface area contributed by atoms with E-state index < -0.39 is 74.5 Å². The first-order valence-corrected chi connectivity index (χ1v) is 17.6. The van der Waals surface area contributed by atoms with E-state index >= 15 is 0 Å². The van der Waals surface area contributed by atoms with Gasteiger partial charge in [-0.3, -0.25) is 19.5 Å². The molecule has 0 aliphatic carbocycles. The van der Waals surface area contributed by atoms with Crippen molar-refractivity contribution in [2.75, 3.05) is 58.9 Å². The van der Waals surface area contributed by atoms with E-state index in [1.165, 1.54) is 17.0 Å². The maximum atomic E-state index is 12.9. The van der Waals surface area contributed by atoms with Gasteiger partial charge in [-0.1, -0.05) is 0 Å². The molecule has 19 nitrogen and oxygen atoms in total. The zero-order valence-electron chi connectivity index (χ0n) is 26.1. The first-order valence-electron chi connectivity index (χ1n) is 14.4. The van der Waals surface area contributed by atoms with Crippen molar-refractivity contribution < 1.29 is 74.2 Å². The summed E-state index contributed by atoms with van der Waals surface area (Å²) in [5.41, 5.74) is 0.479. The number of hydrogen-bond acceptors (Lipinski definition) is 18. The summed E-state index contributed by atoms with van der Waals surface area (Å²) in [4.78, 5) is 77.1. The second-order valence-corrected chi connectivity index (χ2v) is 14.0. The van der Waals surface area contributed by atoms with Crippen molar-refractivity contribution in [1.82, 2.24) is 20.0 Å².